The van der Waals surface area contributed by atoms with Gasteiger partial charge in [0.2, 0.25) is 0 Å². The second-order valence-corrected chi connectivity index (χ2v) is 5.05. The van der Waals surface area contributed by atoms with Gasteiger partial charge in [0.25, 0.3) is 0 Å². The molecule has 0 aromatic heterocycles. The summed E-state index contributed by atoms with van der Waals surface area (Å²) in [4.78, 5) is 0. The fourth-order valence-electron chi connectivity index (χ4n) is 1.73. The van der Waals surface area contributed by atoms with Crippen LogP contribution in [0.3, 0.4) is 0 Å². The predicted octanol–water partition coefficient (Wildman–Crippen LogP) is 2.90. The van der Waals surface area contributed by atoms with Crippen molar-refractivity contribution >= 4 is 0 Å². The number of benzene rings is 1. The van der Waals surface area contributed by atoms with Gasteiger partial charge in [0.15, 0.2) is 0 Å². The zero-order valence-corrected chi connectivity index (χ0v) is 11.8. The van der Waals surface area contributed by atoms with E-state index in [1.165, 1.54) is 5.56 Å². The van der Waals surface area contributed by atoms with E-state index in [1.54, 1.807) is 0 Å². The molecule has 1 rings (SSSR count). The van der Waals surface area contributed by atoms with E-state index in [-0.39, 0.29) is 18.2 Å². The van der Waals surface area contributed by atoms with Gasteiger partial charge in [-0.1, -0.05) is 12.1 Å². The third-order valence-corrected chi connectivity index (χ3v) is 2.76. The average molecular weight is 251 g/mol. The molecule has 0 radical (unpaired) electrons. The summed E-state index contributed by atoms with van der Waals surface area (Å²) in [5, 5.41) is 12.6. The highest BCUT2D eigenvalue weighted by molar-refractivity contribution is 5.29. The molecule has 0 saturated heterocycles. The van der Waals surface area contributed by atoms with Gasteiger partial charge in [-0.2, -0.15) is 0 Å². The molecule has 3 heteroatoms. The van der Waals surface area contributed by atoms with Crippen molar-refractivity contribution in [3.8, 4) is 5.75 Å². The average Bonchev–Trinajstić information content (AvgIpc) is 2.28. The maximum atomic E-state index is 9.20. The summed E-state index contributed by atoms with van der Waals surface area (Å²) in [5.74, 6) is 0.907. The van der Waals surface area contributed by atoms with Gasteiger partial charge >= 0.3 is 0 Å². The normalized spacial score (nSPS) is 14.6. The first kappa shape index (κ1) is 15.0. The topological polar surface area (TPSA) is 41.5 Å². The van der Waals surface area contributed by atoms with Gasteiger partial charge < -0.3 is 15.2 Å². The fourth-order valence-corrected chi connectivity index (χ4v) is 1.73. The summed E-state index contributed by atoms with van der Waals surface area (Å²) >= 11 is 0. The smallest absolute Gasteiger partial charge is 0.119 e. The van der Waals surface area contributed by atoms with E-state index in [2.05, 4.69) is 24.4 Å². The van der Waals surface area contributed by atoms with Gasteiger partial charge in [0, 0.05) is 6.04 Å². The van der Waals surface area contributed by atoms with Crippen LogP contribution in [0.2, 0.25) is 0 Å². The molecule has 0 heterocycles. The number of hydrogen-bond donors (Lipinski definition) is 2. The molecule has 0 fully saturated rings. The molecule has 0 amide bonds. The third kappa shape index (κ3) is 5.52. The highest BCUT2D eigenvalue weighted by atomic mass is 16.5. The summed E-state index contributed by atoms with van der Waals surface area (Å²) in [6, 6.07) is 8.46. The molecule has 1 aromatic carbocycles. The number of aliphatic hydroxyl groups excluding tert-OH is 1. The lowest BCUT2D eigenvalue weighted by Gasteiger charge is -2.16. The highest BCUT2D eigenvalue weighted by Crippen LogP contribution is 2.18. The highest BCUT2D eigenvalue weighted by Gasteiger charge is 2.06. The Morgan fingerprint density at radius 3 is 2.22 bits per heavy atom. The predicted molar refractivity (Wildman–Crippen MR) is 74.9 cm³/mol. The van der Waals surface area contributed by atoms with Crippen LogP contribution in [0.4, 0.5) is 0 Å². The summed E-state index contributed by atoms with van der Waals surface area (Å²) in [7, 11) is 0. The minimum atomic E-state index is -0.244. The molecule has 3 nitrogen and oxygen atoms in total. The van der Waals surface area contributed by atoms with Crippen molar-refractivity contribution < 1.29 is 9.84 Å². The molecular formula is C15H25NO2. The van der Waals surface area contributed by atoms with Crippen molar-refractivity contribution in [3.63, 3.8) is 0 Å². The molecule has 18 heavy (non-hydrogen) atoms. The van der Waals surface area contributed by atoms with Crippen LogP contribution in [0.1, 0.15) is 45.7 Å². The Morgan fingerprint density at radius 1 is 1.11 bits per heavy atom. The van der Waals surface area contributed by atoms with Crippen molar-refractivity contribution in [2.24, 2.45) is 0 Å². The Bertz CT molecular complexity index is 333. The van der Waals surface area contributed by atoms with E-state index in [9.17, 15) is 5.11 Å². The molecule has 0 aliphatic carbocycles. The minimum absolute atomic E-state index is 0.206. The number of ether oxygens (including phenoxy) is 1. The first-order valence-corrected chi connectivity index (χ1v) is 6.67. The van der Waals surface area contributed by atoms with Crippen molar-refractivity contribution in [2.75, 3.05) is 6.54 Å². The van der Waals surface area contributed by atoms with Crippen molar-refractivity contribution in [1.82, 2.24) is 5.32 Å². The molecule has 2 atom stereocenters. The van der Waals surface area contributed by atoms with Crippen LogP contribution in [0.5, 0.6) is 5.75 Å². The van der Waals surface area contributed by atoms with Gasteiger partial charge in [-0.05, 0) is 58.4 Å². The second-order valence-electron chi connectivity index (χ2n) is 5.05. The van der Waals surface area contributed by atoms with Crippen LogP contribution < -0.4 is 10.1 Å². The number of rotatable bonds is 7. The van der Waals surface area contributed by atoms with Gasteiger partial charge in [-0.3, -0.25) is 0 Å². The van der Waals surface area contributed by atoms with Crippen molar-refractivity contribution in [1.29, 1.82) is 0 Å². The fraction of sp³-hybridized carbons (Fsp3) is 0.600. The molecule has 0 saturated carbocycles. The van der Waals surface area contributed by atoms with E-state index in [0.717, 1.165) is 18.7 Å². The molecule has 2 unspecified atom stereocenters. The van der Waals surface area contributed by atoms with Crippen molar-refractivity contribution in [2.45, 2.75) is 52.4 Å². The van der Waals surface area contributed by atoms with Crippen LogP contribution in [0.25, 0.3) is 0 Å². The first-order valence-electron chi connectivity index (χ1n) is 6.67. The van der Waals surface area contributed by atoms with Crippen LogP contribution in [0, 0.1) is 0 Å². The lowest BCUT2D eigenvalue weighted by molar-refractivity contribution is 0.182. The van der Waals surface area contributed by atoms with Gasteiger partial charge in [-0.25, -0.2) is 0 Å². The molecule has 0 aliphatic heterocycles. The molecular weight excluding hydrogens is 226 g/mol. The monoisotopic (exact) mass is 251 g/mol. The second kappa shape index (κ2) is 7.39. The Balaban J connectivity index is 2.46. The summed E-state index contributed by atoms with van der Waals surface area (Å²) < 4.78 is 5.61. The summed E-state index contributed by atoms with van der Waals surface area (Å²) in [6.07, 6.45) is 0.739. The van der Waals surface area contributed by atoms with E-state index >= 15 is 0 Å². The van der Waals surface area contributed by atoms with Gasteiger partial charge in [0.05, 0.1) is 12.2 Å². The first-order chi connectivity index (χ1) is 8.49. The van der Waals surface area contributed by atoms with Crippen LogP contribution in [0.15, 0.2) is 24.3 Å². The lowest BCUT2D eigenvalue weighted by atomic mass is 10.1. The molecule has 0 bridgehead atoms. The quantitative estimate of drug-likeness (QED) is 0.783. The Morgan fingerprint density at radius 2 is 1.72 bits per heavy atom. The maximum absolute atomic E-state index is 9.20. The maximum Gasteiger partial charge on any atom is 0.119 e. The lowest BCUT2D eigenvalue weighted by Crippen LogP contribution is -2.22. The van der Waals surface area contributed by atoms with Crippen LogP contribution in [-0.2, 0) is 0 Å². The van der Waals surface area contributed by atoms with E-state index in [0.29, 0.717) is 0 Å². The molecule has 102 valence electrons. The minimum Gasteiger partial charge on any atom is -0.491 e. The van der Waals surface area contributed by atoms with Crippen molar-refractivity contribution in [3.05, 3.63) is 29.8 Å². The standard InChI is InChI=1S/C15H25NO2/c1-11(2)18-15-7-5-14(6-8-15)13(4)16-10-9-12(3)17/h5-8,11-13,16-17H,9-10H2,1-4H3. The summed E-state index contributed by atoms with van der Waals surface area (Å²) in [6.45, 7) is 8.80. The van der Waals surface area contributed by atoms with Crippen LogP contribution >= 0.6 is 0 Å². The molecule has 1 aromatic rings. The van der Waals surface area contributed by atoms with Gasteiger partial charge in [0.1, 0.15) is 5.75 Å². The number of nitrogens with one attached hydrogen (secondary N) is 1. The Hall–Kier alpha value is -1.06. The zero-order valence-electron chi connectivity index (χ0n) is 11.8. The van der Waals surface area contributed by atoms with Crippen LogP contribution in [-0.4, -0.2) is 23.9 Å². The van der Waals surface area contributed by atoms with E-state index in [4.69, 9.17) is 4.74 Å². The number of hydrogen-bond acceptors (Lipinski definition) is 3. The summed E-state index contributed by atoms with van der Waals surface area (Å²) in [5.41, 5.74) is 1.23. The van der Waals surface area contributed by atoms with E-state index < -0.39 is 0 Å². The largest absolute Gasteiger partial charge is 0.491 e. The Kier molecular flexibility index (Phi) is 6.16. The van der Waals surface area contributed by atoms with Gasteiger partial charge in [-0.15, -0.1) is 0 Å². The Labute approximate surface area is 110 Å². The zero-order chi connectivity index (χ0) is 13.5. The third-order valence-electron chi connectivity index (χ3n) is 2.76. The SMILES string of the molecule is CC(O)CCNC(C)c1ccc(OC(C)C)cc1. The molecule has 0 aliphatic rings. The number of aliphatic hydroxyl groups is 1. The van der Waals surface area contributed by atoms with E-state index in [1.807, 2.05) is 32.9 Å². The molecule has 0 spiro atoms. The molecule has 2 N–H and O–H groups in total.